The molecule has 1 amide bonds. The summed E-state index contributed by atoms with van der Waals surface area (Å²) in [6, 6.07) is 0.288. The predicted octanol–water partition coefficient (Wildman–Crippen LogP) is 0.377. The number of piperazine rings is 1. The van der Waals surface area contributed by atoms with Crippen molar-refractivity contribution in [2.45, 2.75) is 31.8 Å². The Morgan fingerprint density at radius 3 is 2.81 bits per heavy atom. The number of aromatic nitrogens is 2. The molecule has 6 heteroatoms. The van der Waals surface area contributed by atoms with Crippen molar-refractivity contribution in [2.24, 2.45) is 7.05 Å². The molecule has 3 rings (SSSR count). The van der Waals surface area contributed by atoms with Gasteiger partial charge >= 0.3 is 0 Å². The second kappa shape index (κ2) is 6.15. The van der Waals surface area contributed by atoms with Crippen LogP contribution < -0.4 is 5.32 Å². The number of nitrogens with zero attached hydrogens (tertiary/aromatic N) is 4. The summed E-state index contributed by atoms with van der Waals surface area (Å²) in [5.74, 6) is 0.310. The van der Waals surface area contributed by atoms with Gasteiger partial charge in [0.25, 0.3) is 0 Å². The number of hydrogen-bond acceptors (Lipinski definition) is 4. The maximum Gasteiger partial charge on any atom is 0.240 e. The van der Waals surface area contributed by atoms with E-state index in [1.165, 1.54) is 5.56 Å². The van der Waals surface area contributed by atoms with Gasteiger partial charge in [-0.05, 0) is 26.3 Å². The minimum atomic E-state index is 0.0401. The quantitative estimate of drug-likeness (QED) is 0.875. The zero-order valence-electron chi connectivity index (χ0n) is 13.0. The summed E-state index contributed by atoms with van der Waals surface area (Å²) in [6.07, 6.45) is 6.05. The van der Waals surface area contributed by atoms with Crippen molar-refractivity contribution in [3.05, 3.63) is 18.0 Å². The summed E-state index contributed by atoms with van der Waals surface area (Å²) in [4.78, 5) is 17.2. The molecule has 0 aromatic carbocycles. The van der Waals surface area contributed by atoms with Gasteiger partial charge in [-0.15, -0.1) is 0 Å². The van der Waals surface area contributed by atoms with E-state index in [2.05, 4.69) is 28.4 Å². The van der Waals surface area contributed by atoms with Crippen molar-refractivity contribution < 1.29 is 4.79 Å². The number of carbonyl (C=O) groups is 1. The van der Waals surface area contributed by atoms with Gasteiger partial charge in [0.2, 0.25) is 5.91 Å². The molecule has 6 nitrogen and oxygen atoms in total. The van der Waals surface area contributed by atoms with Crippen LogP contribution >= 0.6 is 0 Å². The van der Waals surface area contributed by atoms with Gasteiger partial charge in [-0.1, -0.05) is 0 Å². The van der Waals surface area contributed by atoms with E-state index in [9.17, 15) is 4.79 Å². The van der Waals surface area contributed by atoms with Crippen LogP contribution in [0.5, 0.6) is 0 Å². The molecule has 116 valence electrons. The lowest BCUT2D eigenvalue weighted by Crippen LogP contribution is -2.52. The highest BCUT2D eigenvalue weighted by Gasteiger charge is 2.37. The zero-order chi connectivity index (χ0) is 14.8. The number of hydrogen-bond donors (Lipinski definition) is 1. The first-order chi connectivity index (χ1) is 10.2. The van der Waals surface area contributed by atoms with E-state index in [1.54, 1.807) is 0 Å². The average molecular weight is 291 g/mol. The van der Waals surface area contributed by atoms with Crippen LogP contribution in [0.3, 0.4) is 0 Å². The summed E-state index contributed by atoms with van der Waals surface area (Å²) in [5.41, 5.74) is 1.19. The highest BCUT2D eigenvalue weighted by molar-refractivity contribution is 5.82. The van der Waals surface area contributed by atoms with Gasteiger partial charge < -0.3 is 10.2 Å². The molecular weight excluding hydrogens is 266 g/mol. The van der Waals surface area contributed by atoms with Gasteiger partial charge in [-0.25, -0.2) is 0 Å². The number of amides is 1. The third-order valence-electron chi connectivity index (χ3n) is 4.71. The molecule has 0 radical (unpaired) electrons. The van der Waals surface area contributed by atoms with Crippen LogP contribution in [0.1, 0.15) is 31.4 Å². The van der Waals surface area contributed by atoms with E-state index in [0.717, 1.165) is 45.6 Å². The number of likely N-dealkylation sites (tertiary alicyclic amines) is 1. The van der Waals surface area contributed by atoms with E-state index >= 15 is 0 Å². The lowest BCUT2D eigenvalue weighted by atomic mass is 10.1. The molecule has 2 unspecified atom stereocenters. The van der Waals surface area contributed by atoms with Crippen LogP contribution in [-0.2, 0) is 11.8 Å². The molecule has 2 aliphatic heterocycles. The van der Waals surface area contributed by atoms with Crippen molar-refractivity contribution in [3.63, 3.8) is 0 Å². The molecule has 0 spiro atoms. The molecule has 2 atom stereocenters. The second-order valence-corrected chi connectivity index (χ2v) is 6.09. The summed E-state index contributed by atoms with van der Waals surface area (Å²) >= 11 is 0. The Balaban J connectivity index is 1.71. The maximum atomic E-state index is 12.8. The third-order valence-corrected chi connectivity index (χ3v) is 4.71. The van der Waals surface area contributed by atoms with Crippen LogP contribution in [0.2, 0.25) is 0 Å². The molecule has 3 heterocycles. The Hall–Kier alpha value is -1.40. The maximum absolute atomic E-state index is 12.8. The topological polar surface area (TPSA) is 53.4 Å². The summed E-state index contributed by atoms with van der Waals surface area (Å²) in [5, 5.41) is 7.56. The standard InChI is InChI=1S/C15H25N5O/c1-12(13-10-17-18(2)11-13)20-7-3-4-14(20)15(21)19-8-5-16-6-9-19/h10-12,14,16H,3-9H2,1-2H3. The van der Waals surface area contributed by atoms with Gasteiger partial charge in [0.1, 0.15) is 0 Å². The summed E-state index contributed by atoms with van der Waals surface area (Å²) < 4.78 is 1.83. The molecule has 1 N–H and O–H groups in total. The van der Waals surface area contributed by atoms with Crippen LogP contribution in [0.25, 0.3) is 0 Å². The number of carbonyl (C=O) groups excluding carboxylic acids is 1. The van der Waals surface area contributed by atoms with E-state index < -0.39 is 0 Å². The van der Waals surface area contributed by atoms with Crippen LogP contribution in [0.4, 0.5) is 0 Å². The molecule has 2 aliphatic rings. The number of aryl methyl sites for hydroxylation is 1. The Kier molecular flexibility index (Phi) is 4.26. The van der Waals surface area contributed by atoms with Gasteiger partial charge in [0.15, 0.2) is 0 Å². The lowest BCUT2D eigenvalue weighted by Gasteiger charge is -2.35. The first-order valence-electron chi connectivity index (χ1n) is 7.90. The Morgan fingerprint density at radius 2 is 2.14 bits per heavy atom. The van der Waals surface area contributed by atoms with Crippen LogP contribution in [0, 0.1) is 0 Å². The van der Waals surface area contributed by atoms with Crippen LogP contribution in [-0.4, -0.2) is 64.3 Å². The normalized spacial score (nSPS) is 25.2. The fraction of sp³-hybridized carbons (Fsp3) is 0.733. The third kappa shape index (κ3) is 2.96. The second-order valence-electron chi connectivity index (χ2n) is 6.09. The lowest BCUT2D eigenvalue weighted by molar-refractivity contribution is -0.137. The highest BCUT2D eigenvalue weighted by Crippen LogP contribution is 2.29. The Bertz CT molecular complexity index is 494. The number of nitrogens with one attached hydrogen (secondary N) is 1. The van der Waals surface area contributed by atoms with E-state index in [4.69, 9.17) is 0 Å². The first-order valence-corrected chi connectivity index (χ1v) is 7.90. The smallest absolute Gasteiger partial charge is 0.240 e. The first kappa shape index (κ1) is 14.5. The van der Waals surface area contributed by atoms with Gasteiger partial charge in [0.05, 0.1) is 12.2 Å². The largest absolute Gasteiger partial charge is 0.339 e. The Morgan fingerprint density at radius 1 is 1.38 bits per heavy atom. The van der Waals surface area contributed by atoms with E-state index in [-0.39, 0.29) is 12.1 Å². The molecule has 2 fully saturated rings. The molecule has 0 saturated carbocycles. The SMILES string of the molecule is CC(c1cnn(C)c1)N1CCCC1C(=O)N1CCNCC1. The minimum Gasteiger partial charge on any atom is -0.339 e. The van der Waals surface area contributed by atoms with Crippen molar-refractivity contribution in [2.75, 3.05) is 32.7 Å². The molecule has 0 bridgehead atoms. The number of rotatable bonds is 3. The fourth-order valence-corrected chi connectivity index (χ4v) is 3.46. The average Bonchev–Trinajstić information content (AvgIpc) is 3.15. The summed E-state index contributed by atoms with van der Waals surface area (Å²) in [6.45, 7) is 6.68. The highest BCUT2D eigenvalue weighted by atomic mass is 16.2. The van der Waals surface area contributed by atoms with Gasteiger partial charge in [-0.2, -0.15) is 5.10 Å². The summed E-state index contributed by atoms with van der Waals surface area (Å²) in [7, 11) is 1.93. The van der Waals surface area contributed by atoms with Crippen molar-refractivity contribution in [3.8, 4) is 0 Å². The van der Waals surface area contributed by atoms with Crippen molar-refractivity contribution >= 4 is 5.91 Å². The molecule has 0 aliphatic carbocycles. The fourth-order valence-electron chi connectivity index (χ4n) is 3.46. The molecule has 2 saturated heterocycles. The van der Waals surface area contributed by atoms with E-state index in [0.29, 0.717) is 5.91 Å². The van der Waals surface area contributed by atoms with Crippen molar-refractivity contribution in [1.82, 2.24) is 24.9 Å². The van der Waals surface area contributed by atoms with Crippen LogP contribution in [0.15, 0.2) is 12.4 Å². The monoisotopic (exact) mass is 291 g/mol. The molecule has 21 heavy (non-hydrogen) atoms. The zero-order valence-corrected chi connectivity index (χ0v) is 13.0. The molecule has 1 aromatic rings. The van der Waals surface area contributed by atoms with Gasteiger partial charge in [-0.3, -0.25) is 14.4 Å². The van der Waals surface area contributed by atoms with Gasteiger partial charge in [0, 0.05) is 51.0 Å². The van der Waals surface area contributed by atoms with Crippen molar-refractivity contribution in [1.29, 1.82) is 0 Å². The molecular formula is C15H25N5O. The molecule has 1 aromatic heterocycles. The van der Waals surface area contributed by atoms with E-state index in [1.807, 2.05) is 22.8 Å². The predicted molar refractivity (Wildman–Crippen MR) is 80.8 cm³/mol. The minimum absolute atomic E-state index is 0.0401. The Labute approximate surface area is 126 Å².